The lowest BCUT2D eigenvalue weighted by molar-refractivity contribution is 0.100. The summed E-state index contributed by atoms with van der Waals surface area (Å²) in [5.74, 6) is 0.377. The second-order valence-electron chi connectivity index (χ2n) is 6.85. The first-order chi connectivity index (χ1) is 15.0. The van der Waals surface area contributed by atoms with E-state index in [4.69, 9.17) is 16.2 Å². The molecule has 4 aromatic rings. The number of fused-ring (bicyclic) bond motifs is 1. The van der Waals surface area contributed by atoms with Crippen molar-refractivity contribution in [3.8, 4) is 11.7 Å². The molecule has 31 heavy (non-hydrogen) atoms. The molecule has 2 aromatic carbocycles. The predicted octanol–water partition coefficient (Wildman–Crippen LogP) is 2.74. The number of aromatic nitrogens is 3. The number of hydrogen-bond acceptors (Lipinski definition) is 6. The van der Waals surface area contributed by atoms with Crippen LogP contribution < -0.4 is 21.5 Å². The normalized spacial score (nSPS) is 10.9. The molecule has 0 saturated carbocycles. The number of carbonyl (C=O) groups excluding carboxylic acids is 1. The first-order valence-electron chi connectivity index (χ1n) is 9.54. The Hall–Kier alpha value is -3.98. The molecule has 0 radical (unpaired) electrons. The van der Waals surface area contributed by atoms with Crippen LogP contribution in [-0.4, -0.2) is 27.6 Å². The van der Waals surface area contributed by atoms with Gasteiger partial charge in [-0.2, -0.15) is 4.98 Å². The predicted molar refractivity (Wildman–Crippen MR) is 116 cm³/mol. The Morgan fingerprint density at radius 2 is 2.03 bits per heavy atom. The molecule has 4 rings (SSSR count). The van der Waals surface area contributed by atoms with Crippen LogP contribution in [0.15, 0.2) is 54.7 Å². The summed E-state index contributed by atoms with van der Waals surface area (Å²) in [7, 11) is 1.52. The number of halogens is 1. The number of ether oxygens (including phenoxy) is 1. The molecule has 0 aliphatic heterocycles. The van der Waals surface area contributed by atoms with Crippen LogP contribution >= 0.6 is 0 Å². The van der Waals surface area contributed by atoms with Crippen LogP contribution in [0, 0.1) is 5.82 Å². The maximum Gasteiger partial charge on any atom is 0.249 e. The molecule has 0 aliphatic rings. The third-order valence-corrected chi connectivity index (χ3v) is 4.91. The second kappa shape index (κ2) is 8.41. The fraction of sp³-hybridized carbons (Fsp3) is 0.136. The van der Waals surface area contributed by atoms with E-state index in [1.54, 1.807) is 29.0 Å². The summed E-state index contributed by atoms with van der Waals surface area (Å²) in [6.45, 7) is 0.543. The average molecular weight is 420 g/mol. The van der Waals surface area contributed by atoms with Crippen molar-refractivity contribution in [3.05, 3.63) is 77.4 Å². The van der Waals surface area contributed by atoms with Crippen molar-refractivity contribution in [3.63, 3.8) is 0 Å². The largest absolute Gasteiger partial charge is 0.491 e. The minimum atomic E-state index is -0.528. The molecule has 0 aliphatic carbocycles. The highest BCUT2D eigenvalue weighted by Gasteiger charge is 2.18. The lowest BCUT2D eigenvalue weighted by Crippen LogP contribution is -2.12. The summed E-state index contributed by atoms with van der Waals surface area (Å²) in [5.41, 5.74) is 14.0. The summed E-state index contributed by atoms with van der Waals surface area (Å²) in [6.07, 6.45) is 1.54. The first-order valence-corrected chi connectivity index (χ1v) is 9.54. The van der Waals surface area contributed by atoms with Crippen molar-refractivity contribution in [2.45, 2.75) is 13.1 Å². The molecule has 2 aromatic heterocycles. The zero-order valence-corrected chi connectivity index (χ0v) is 16.8. The van der Waals surface area contributed by atoms with Gasteiger partial charge in [0.15, 0.2) is 11.6 Å². The monoisotopic (exact) mass is 420 g/mol. The molecule has 0 saturated heterocycles. The van der Waals surface area contributed by atoms with Gasteiger partial charge in [0.25, 0.3) is 0 Å². The van der Waals surface area contributed by atoms with Gasteiger partial charge in [0, 0.05) is 29.7 Å². The summed E-state index contributed by atoms with van der Waals surface area (Å²) in [5, 5.41) is 3.83. The highest BCUT2D eigenvalue weighted by Crippen LogP contribution is 2.28. The fourth-order valence-electron chi connectivity index (χ4n) is 3.46. The maximum absolute atomic E-state index is 13.5. The van der Waals surface area contributed by atoms with Crippen LogP contribution in [0.5, 0.6) is 5.75 Å². The maximum atomic E-state index is 13.5. The summed E-state index contributed by atoms with van der Waals surface area (Å²) in [4.78, 5) is 20.9. The van der Waals surface area contributed by atoms with Crippen molar-refractivity contribution in [1.82, 2.24) is 14.5 Å². The molecule has 5 N–H and O–H groups in total. The molecule has 0 spiro atoms. The van der Waals surface area contributed by atoms with Gasteiger partial charge in [0.05, 0.1) is 18.8 Å². The quantitative estimate of drug-likeness (QED) is 0.423. The van der Waals surface area contributed by atoms with Gasteiger partial charge >= 0.3 is 0 Å². The third kappa shape index (κ3) is 3.90. The van der Waals surface area contributed by atoms with Crippen molar-refractivity contribution >= 4 is 22.6 Å². The van der Waals surface area contributed by atoms with Crippen LogP contribution in [0.2, 0.25) is 0 Å². The molecule has 0 atom stereocenters. The number of nitrogens with two attached hydrogens (primary N) is 2. The van der Waals surface area contributed by atoms with E-state index in [1.165, 1.54) is 19.2 Å². The number of carbonyl (C=O) groups is 1. The molecule has 2 heterocycles. The number of benzene rings is 2. The zero-order chi connectivity index (χ0) is 22.0. The van der Waals surface area contributed by atoms with Crippen LogP contribution in [0.4, 0.5) is 10.2 Å². The van der Waals surface area contributed by atoms with Gasteiger partial charge in [-0.3, -0.25) is 9.36 Å². The number of methoxy groups -OCH3 is 1. The Balaban J connectivity index is 1.78. The van der Waals surface area contributed by atoms with Gasteiger partial charge in [-0.1, -0.05) is 18.2 Å². The Morgan fingerprint density at radius 3 is 2.74 bits per heavy atom. The molecular formula is C22H21FN6O2. The highest BCUT2D eigenvalue weighted by molar-refractivity contribution is 6.06. The van der Waals surface area contributed by atoms with Gasteiger partial charge in [0.2, 0.25) is 11.9 Å². The summed E-state index contributed by atoms with van der Waals surface area (Å²) >= 11 is 0. The van der Waals surface area contributed by atoms with Crippen LogP contribution in [0.3, 0.4) is 0 Å². The second-order valence-corrected chi connectivity index (χ2v) is 6.85. The van der Waals surface area contributed by atoms with Crippen molar-refractivity contribution in [2.75, 3.05) is 12.4 Å². The van der Waals surface area contributed by atoms with E-state index in [1.807, 2.05) is 18.2 Å². The van der Waals surface area contributed by atoms with Crippen LogP contribution in [0.25, 0.3) is 16.9 Å². The highest BCUT2D eigenvalue weighted by atomic mass is 19.1. The lowest BCUT2D eigenvalue weighted by atomic mass is 10.1. The molecular weight excluding hydrogens is 399 g/mol. The number of anilines is 1. The van der Waals surface area contributed by atoms with Gasteiger partial charge in [-0.05, 0) is 35.9 Å². The molecule has 0 fully saturated rings. The summed E-state index contributed by atoms with van der Waals surface area (Å²) in [6, 6.07) is 13.3. The number of hydrogen-bond donors (Lipinski definition) is 3. The molecule has 8 nitrogen and oxygen atoms in total. The van der Waals surface area contributed by atoms with Gasteiger partial charge in [-0.25, -0.2) is 9.37 Å². The summed E-state index contributed by atoms with van der Waals surface area (Å²) < 4.78 is 20.6. The number of nitrogens with zero attached hydrogens (tertiary/aromatic N) is 3. The van der Waals surface area contributed by atoms with E-state index < -0.39 is 5.91 Å². The van der Waals surface area contributed by atoms with Crippen molar-refractivity contribution in [1.29, 1.82) is 0 Å². The number of nitrogens with one attached hydrogen (secondary N) is 1. The van der Waals surface area contributed by atoms with E-state index in [2.05, 4.69) is 15.3 Å². The van der Waals surface area contributed by atoms with Crippen molar-refractivity contribution < 1.29 is 13.9 Å². The third-order valence-electron chi connectivity index (χ3n) is 4.91. The smallest absolute Gasteiger partial charge is 0.249 e. The molecule has 0 bridgehead atoms. The minimum absolute atomic E-state index is 0.203. The Morgan fingerprint density at radius 1 is 1.23 bits per heavy atom. The topological polar surface area (TPSA) is 121 Å². The Bertz CT molecular complexity index is 1270. The van der Waals surface area contributed by atoms with Gasteiger partial charge < -0.3 is 21.5 Å². The zero-order valence-electron chi connectivity index (χ0n) is 16.8. The number of primary amides is 1. The van der Waals surface area contributed by atoms with Gasteiger partial charge in [-0.15, -0.1) is 0 Å². The van der Waals surface area contributed by atoms with E-state index >= 15 is 0 Å². The van der Waals surface area contributed by atoms with Gasteiger partial charge in [0.1, 0.15) is 5.82 Å². The van der Waals surface area contributed by atoms with Crippen LogP contribution in [-0.2, 0) is 13.1 Å². The van der Waals surface area contributed by atoms with E-state index in [-0.39, 0.29) is 12.4 Å². The first kappa shape index (κ1) is 20.3. The average Bonchev–Trinajstić information content (AvgIpc) is 3.16. The van der Waals surface area contributed by atoms with E-state index in [9.17, 15) is 9.18 Å². The molecule has 0 unspecified atom stereocenters. The lowest BCUT2D eigenvalue weighted by Gasteiger charge is -2.13. The van der Waals surface area contributed by atoms with E-state index in [0.717, 1.165) is 5.56 Å². The Kier molecular flexibility index (Phi) is 5.50. The van der Waals surface area contributed by atoms with Crippen LogP contribution in [0.1, 0.15) is 21.6 Å². The standard InChI is InChI=1S/C22H21FN6O2/c1-31-19-12-27-22(28-21(19)26-11-13-4-2-5-14(23)8-13)29-15(10-24)9-17-16(20(25)30)6-3-7-18(17)29/h2-9,12H,10-11,24H2,1H3,(H2,25,30)(H,26,27,28). The number of amides is 1. The number of rotatable bonds is 7. The molecule has 158 valence electrons. The van der Waals surface area contributed by atoms with E-state index in [0.29, 0.717) is 46.2 Å². The minimum Gasteiger partial charge on any atom is -0.491 e. The molecule has 9 heteroatoms. The fourth-order valence-corrected chi connectivity index (χ4v) is 3.46. The molecule has 1 amide bonds. The SMILES string of the molecule is COc1cnc(-n2c(CN)cc3c(C(N)=O)cccc32)nc1NCc1cccc(F)c1. The van der Waals surface area contributed by atoms with Crippen molar-refractivity contribution in [2.24, 2.45) is 11.5 Å². The Labute approximate surface area is 177 Å².